The topological polar surface area (TPSA) is 41.9 Å². The van der Waals surface area contributed by atoms with Gasteiger partial charge in [-0.1, -0.05) is 6.07 Å². The summed E-state index contributed by atoms with van der Waals surface area (Å²) in [7, 11) is 1.68. The summed E-state index contributed by atoms with van der Waals surface area (Å²) in [6, 6.07) is 5.83. The molecule has 0 aliphatic carbocycles. The van der Waals surface area contributed by atoms with Gasteiger partial charge in [0.1, 0.15) is 5.75 Å². The summed E-state index contributed by atoms with van der Waals surface area (Å²) in [6.45, 7) is 5.65. The molecule has 0 amide bonds. The smallest absolute Gasteiger partial charge is 0.123 e. The maximum absolute atomic E-state index is 9.20. The number of aliphatic hydroxyl groups is 1. The first-order valence-corrected chi connectivity index (χ1v) is 6.33. The molecule has 1 fully saturated rings. The van der Waals surface area contributed by atoms with Crippen molar-refractivity contribution in [1.82, 2.24) is 4.90 Å². The third kappa shape index (κ3) is 3.22. The van der Waals surface area contributed by atoms with Crippen LogP contribution < -0.4 is 4.74 Å². The van der Waals surface area contributed by atoms with E-state index in [0.717, 1.165) is 43.1 Å². The lowest BCUT2D eigenvalue weighted by atomic mass is 10.1. The van der Waals surface area contributed by atoms with Crippen LogP contribution in [0.2, 0.25) is 0 Å². The molecule has 18 heavy (non-hydrogen) atoms. The van der Waals surface area contributed by atoms with Crippen molar-refractivity contribution < 1.29 is 14.6 Å². The number of hydrogen-bond acceptors (Lipinski definition) is 4. The second-order valence-corrected chi connectivity index (χ2v) is 4.72. The van der Waals surface area contributed by atoms with Crippen LogP contribution in [0.25, 0.3) is 0 Å². The van der Waals surface area contributed by atoms with Crippen LogP contribution in [0.15, 0.2) is 18.2 Å². The van der Waals surface area contributed by atoms with Crippen LogP contribution in [-0.2, 0) is 17.9 Å². The van der Waals surface area contributed by atoms with Crippen LogP contribution >= 0.6 is 0 Å². The maximum atomic E-state index is 9.20. The Balaban J connectivity index is 2.11. The van der Waals surface area contributed by atoms with E-state index in [4.69, 9.17) is 9.47 Å². The summed E-state index contributed by atoms with van der Waals surface area (Å²) in [5.41, 5.74) is 2.05. The Morgan fingerprint density at radius 3 is 3.00 bits per heavy atom. The Morgan fingerprint density at radius 2 is 2.33 bits per heavy atom. The van der Waals surface area contributed by atoms with Crippen LogP contribution in [0.4, 0.5) is 0 Å². The second kappa shape index (κ2) is 6.18. The first kappa shape index (κ1) is 13.3. The molecule has 1 saturated heterocycles. The van der Waals surface area contributed by atoms with E-state index in [1.165, 1.54) is 0 Å². The summed E-state index contributed by atoms with van der Waals surface area (Å²) in [6.07, 6.45) is 0.283. The van der Waals surface area contributed by atoms with E-state index in [2.05, 4.69) is 11.8 Å². The zero-order valence-corrected chi connectivity index (χ0v) is 11.1. The normalized spacial score (nSPS) is 20.9. The van der Waals surface area contributed by atoms with Gasteiger partial charge < -0.3 is 14.6 Å². The van der Waals surface area contributed by atoms with Crippen molar-refractivity contribution in [3.63, 3.8) is 0 Å². The van der Waals surface area contributed by atoms with Gasteiger partial charge in [0.15, 0.2) is 0 Å². The highest BCUT2D eigenvalue weighted by atomic mass is 16.5. The van der Waals surface area contributed by atoms with Crippen molar-refractivity contribution in [2.24, 2.45) is 0 Å². The third-order valence-corrected chi connectivity index (χ3v) is 3.25. The summed E-state index contributed by atoms with van der Waals surface area (Å²) in [4.78, 5) is 2.35. The molecule has 1 aromatic carbocycles. The molecule has 1 atom stereocenters. The van der Waals surface area contributed by atoms with E-state index in [9.17, 15) is 5.11 Å². The molecule has 0 spiro atoms. The molecule has 1 N–H and O–H groups in total. The van der Waals surface area contributed by atoms with E-state index >= 15 is 0 Å². The number of aliphatic hydroxyl groups excluding tert-OH is 1. The van der Waals surface area contributed by atoms with Crippen molar-refractivity contribution in [3.05, 3.63) is 29.3 Å². The van der Waals surface area contributed by atoms with Gasteiger partial charge in [0.05, 0.1) is 26.4 Å². The largest absolute Gasteiger partial charge is 0.496 e. The molecule has 0 radical (unpaired) electrons. The molecule has 100 valence electrons. The predicted octanol–water partition coefficient (Wildman–Crippen LogP) is 1.41. The van der Waals surface area contributed by atoms with Gasteiger partial charge in [0.2, 0.25) is 0 Å². The van der Waals surface area contributed by atoms with Crippen molar-refractivity contribution in [2.45, 2.75) is 26.2 Å². The molecule has 4 nitrogen and oxygen atoms in total. The Bertz CT molecular complexity index is 395. The highest BCUT2D eigenvalue weighted by Crippen LogP contribution is 2.22. The van der Waals surface area contributed by atoms with E-state index in [0.29, 0.717) is 0 Å². The van der Waals surface area contributed by atoms with Gasteiger partial charge in [-0.05, 0) is 24.6 Å². The number of ether oxygens (including phenoxy) is 2. The van der Waals surface area contributed by atoms with Crippen LogP contribution in [0.1, 0.15) is 18.1 Å². The third-order valence-electron chi connectivity index (χ3n) is 3.25. The lowest BCUT2D eigenvalue weighted by Crippen LogP contribution is -2.40. The van der Waals surface area contributed by atoms with Crippen molar-refractivity contribution in [3.8, 4) is 5.75 Å². The Hall–Kier alpha value is -1.10. The van der Waals surface area contributed by atoms with Crippen LogP contribution in [0.5, 0.6) is 5.75 Å². The standard InChI is InChI=1S/C14H21NO3/c1-11-8-15(5-6-18-11)9-13-7-12(10-16)3-4-14(13)17-2/h3-4,7,11,16H,5-6,8-10H2,1-2H3. The fraction of sp³-hybridized carbons (Fsp3) is 0.571. The Labute approximate surface area is 108 Å². The van der Waals surface area contributed by atoms with Gasteiger partial charge in [-0.2, -0.15) is 0 Å². The quantitative estimate of drug-likeness (QED) is 0.878. The summed E-state index contributed by atoms with van der Waals surface area (Å²) < 4.78 is 10.9. The zero-order chi connectivity index (χ0) is 13.0. The number of hydrogen-bond donors (Lipinski definition) is 1. The molecular weight excluding hydrogens is 230 g/mol. The highest BCUT2D eigenvalue weighted by molar-refractivity contribution is 5.37. The summed E-state index contributed by atoms with van der Waals surface area (Å²) >= 11 is 0. The first-order chi connectivity index (χ1) is 8.72. The SMILES string of the molecule is COc1ccc(CO)cc1CN1CCOC(C)C1. The van der Waals surface area contributed by atoms with Gasteiger partial charge >= 0.3 is 0 Å². The Morgan fingerprint density at radius 1 is 1.50 bits per heavy atom. The number of benzene rings is 1. The lowest BCUT2D eigenvalue weighted by Gasteiger charge is -2.31. The van der Waals surface area contributed by atoms with Crippen LogP contribution in [-0.4, -0.2) is 42.9 Å². The number of morpholine rings is 1. The molecule has 0 saturated carbocycles. The molecular formula is C14H21NO3. The highest BCUT2D eigenvalue weighted by Gasteiger charge is 2.18. The van der Waals surface area contributed by atoms with Crippen molar-refractivity contribution >= 4 is 0 Å². The molecule has 4 heteroatoms. The molecule has 1 aliphatic rings. The van der Waals surface area contributed by atoms with E-state index < -0.39 is 0 Å². The first-order valence-electron chi connectivity index (χ1n) is 6.33. The molecule has 1 aromatic rings. The minimum Gasteiger partial charge on any atom is -0.496 e. The van der Waals surface area contributed by atoms with Crippen LogP contribution in [0.3, 0.4) is 0 Å². The van der Waals surface area contributed by atoms with Crippen molar-refractivity contribution in [2.75, 3.05) is 26.8 Å². The van der Waals surface area contributed by atoms with Gasteiger partial charge in [0, 0.05) is 25.2 Å². The van der Waals surface area contributed by atoms with Crippen LogP contribution in [0, 0.1) is 0 Å². The minimum absolute atomic E-state index is 0.0660. The monoisotopic (exact) mass is 251 g/mol. The number of methoxy groups -OCH3 is 1. The maximum Gasteiger partial charge on any atom is 0.123 e. The molecule has 0 bridgehead atoms. The molecule has 1 unspecified atom stereocenters. The fourth-order valence-electron chi connectivity index (χ4n) is 2.33. The fourth-order valence-corrected chi connectivity index (χ4v) is 2.33. The van der Waals surface area contributed by atoms with E-state index in [1.807, 2.05) is 18.2 Å². The number of rotatable bonds is 4. The molecule has 2 rings (SSSR count). The molecule has 1 aliphatic heterocycles. The summed E-state index contributed by atoms with van der Waals surface area (Å²) in [5.74, 6) is 0.881. The molecule has 1 heterocycles. The average Bonchev–Trinajstić information content (AvgIpc) is 2.38. The predicted molar refractivity (Wildman–Crippen MR) is 69.6 cm³/mol. The van der Waals surface area contributed by atoms with Crippen molar-refractivity contribution in [1.29, 1.82) is 0 Å². The van der Waals surface area contributed by atoms with Gasteiger partial charge in [-0.15, -0.1) is 0 Å². The van der Waals surface area contributed by atoms with Gasteiger partial charge in [0.25, 0.3) is 0 Å². The average molecular weight is 251 g/mol. The van der Waals surface area contributed by atoms with Gasteiger partial charge in [-0.25, -0.2) is 0 Å². The summed E-state index contributed by atoms with van der Waals surface area (Å²) in [5, 5.41) is 9.20. The zero-order valence-electron chi connectivity index (χ0n) is 11.1. The van der Waals surface area contributed by atoms with E-state index in [1.54, 1.807) is 7.11 Å². The minimum atomic E-state index is 0.0660. The van der Waals surface area contributed by atoms with E-state index in [-0.39, 0.29) is 12.7 Å². The second-order valence-electron chi connectivity index (χ2n) is 4.72. The Kier molecular flexibility index (Phi) is 4.58. The molecule has 0 aromatic heterocycles. The lowest BCUT2D eigenvalue weighted by molar-refractivity contribution is -0.0214. The number of nitrogens with zero attached hydrogens (tertiary/aromatic N) is 1. The van der Waals surface area contributed by atoms with Gasteiger partial charge in [-0.3, -0.25) is 4.90 Å².